The molecular formula is C22H22F2N4O2S. The van der Waals surface area contributed by atoms with E-state index in [-0.39, 0.29) is 41.8 Å². The van der Waals surface area contributed by atoms with E-state index in [1.165, 1.54) is 17.4 Å². The quantitative estimate of drug-likeness (QED) is 0.561. The van der Waals surface area contributed by atoms with Crippen molar-refractivity contribution in [2.75, 3.05) is 0 Å². The molecule has 0 saturated carbocycles. The van der Waals surface area contributed by atoms with Crippen LogP contribution in [0.15, 0.2) is 36.4 Å². The normalized spacial score (nSPS) is 18.9. The highest BCUT2D eigenvalue weighted by Gasteiger charge is 2.33. The summed E-state index contributed by atoms with van der Waals surface area (Å²) in [5, 5.41) is 9.05. The lowest BCUT2D eigenvalue weighted by atomic mass is 10.0. The third-order valence-electron chi connectivity index (χ3n) is 5.14. The molecule has 3 aromatic rings. The molecule has 2 heterocycles. The maximum absolute atomic E-state index is 15.2. The standard InChI is InChI=1S/C22H22F2N4O2S/c1-11(2)21(30)25-10-12-7-8-13(23)18(19(12)24)20-26-15(9-17(29)28-20)22-27-14-5-3-4-6-16(14)31-22/h3-8,11,15,20,26H,9-10H2,1-2H3,(H,25,30)(H,28,29). The van der Waals surface area contributed by atoms with Gasteiger partial charge in [-0.2, -0.15) is 0 Å². The number of nitrogens with one attached hydrogen (secondary N) is 3. The van der Waals surface area contributed by atoms with Crippen LogP contribution in [0.25, 0.3) is 10.2 Å². The van der Waals surface area contributed by atoms with Crippen molar-refractivity contribution in [3.63, 3.8) is 0 Å². The number of thiazole rings is 1. The smallest absolute Gasteiger partial charge is 0.223 e. The second-order valence-electron chi connectivity index (χ2n) is 7.75. The molecule has 2 amide bonds. The number of rotatable bonds is 5. The van der Waals surface area contributed by atoms with Gasteiger partial charge in [0.1, 0.15) is 22.8 Å². The number of fused-ring (bicyclic) bond motifs is 1. The van der Waals surface area contributed by atoms with Gasteiger partial charge < -0.3 is 10.6 Å². The number of benzene rings is 2. The largest absolute Gasteiger partial charge is 0.352 e. The van der Waals surface area contributed by atoms with E-state index in [2.05, 4.69) is 20.9 Å². The molecule has 1 aromatic heterocycles. The minimum atomic E-state index is -1.06. The Hall–Kier alpha value is -2.91. The first-order valence-corrected chi connectivity index (χ1v) is 10.8. The van der Waals surface area contributed by atoms with E-state index in [1.807, 2.05) is 24.3 Å². The van der Waals surface area contributed by atoms with Gasteiger partial charge in [0.25, 0.3) is 0 Å². The van der Waals surface area contributed by atoms with Crippen molar-refractivity contribution in [3.05, 3.63) is 64.2 Å². The highest BCUT2D eigenvalue weighted by Crippen LogP contribution is 2.33. The van der Waals surface area contributed by atoms with Crippen LogP contribution >= 0.6 is 11.3 Å². The number of aromatic nitrogens is 1. The second kappa shape index (κ2) is 8.68. The Kier molecular flexibility index (Phi) is 5.97. The number of hydrogen-bond acceptors (Lipinski definition) is 5. The summed E-state index contributed by atoms with van der Waals surface area (Å²) >= 11 is 1.44. The van der Waals surface area contributed by atoms with Gasteiger partial charge in [0.05, 0.1) is 21.8 Å². The number of carbonyl (C=O) groups is 2. The molecule has 0 aliphatic carbocycles. The van der Waals surface area contributed by atoms with Crippen molar-refractivity contribution in [2.45, 2.75) is 39.0 Å². The number of nitrogens with zero attached hydrogens (tertiary/aromatic N) is 1. The van der Waals surface area contributed by atoms with Crippen molar-refractivity contribution in [2.24, 2.45) is 5.92 Å². The summed E-state index contributed by atoms with van der Waals surface area (Å²) in [7, 11) is 0. The first kappa shape index (κ1) is 21.3. The summed E-state index contributed by atoms with van der Waals surface area (Å²) in [5.74, 6) is -2.39. The highest BCUT2D eigenvalue weighted by atomic mass is 32.1. The Morgan fingerprint density at radius 3 is 2.77 bits per heavy atom. The Morgan fingerprint density at radius 1 is 1.26 bits per heavy atom. The molecule has 31 heavy (non-hydrogen) atoms. The zero-order chi connectivity index (χ0) is 22.1. The van der Waals surface area contributed by atoms with Crippen LogP contribution in [0.2, 0.25) is 0 Å². The van der Waals surface area contributed by atoms with Crippen molar-refractivity contribution < 1.29 is 18.4 Å². The highest BCUT2D eigenvalue weighted by molar-refractivity contribution is 7.18. The Morgan fingerprint density at radius 2 is 2.03 bits per heavy atom. The van der Waals surface area contributed by atoms with E-state index < -0.39 is 23.8 Å². The molecular weight excluding hydrogens is 422 g/mol. The van der Waals surface area contributed by atoms with Crippen LogP contribution in [0.1, 0.15) is 48.6 Å². The fraction of sp³-hybridized carbons (Fsp3) is 0.318. The Bertz CT molecular complexity index is 1110. The number of para-hydroxylation sites is 1. The van der Waals surface area contributed by atoms with Crippen LogP contribution in [0.4, 0.5) is 8.78 Å². The molecule has 2 unspecified atom stereocenters. The monoisotopic (exact) mass is 444 g/mol. The molecule has 0 spiro atoms. The first-order chi connectivity index (χ1) is 14.8. The van der Waals surface area contributed by atoms with Gasteiger partial charge in [0.15, 0.2) is 0 Å². The summed E-state index contributed by atoms with van der Waals surface area (Å²) in [6.07, 6.45) is -0.942. The number of halogens is 2. The molecule has 2 aromatic carbocycles. The minimum absolute atomic E-state index is 0.0713. The number of hydrogen-bond donors (Lipinski definition) is 3. The molecule has 0 radical (unpaired) electrons. The summed E-state index contributed by atoms with van der Waals surface area (Å²) in [6, 6.07) is 9.57. The van der Waals surface area contributed by atoms with Gasteiger partial charge in [0.2, 0.25) is 11.8 Å². The molecule has 1 saturated heterocycles. The van der Waals surface area contributed by atoms with E-state index >= 15 is 4.39 Å². The zero-order valence-electron chi connectivity index (χ0n) is 17.0. The van der Waals surface area contributed by atoms with Crippen molar-refractivity contribution >= 4 is 33.4 Å². The van der Waals surface area contributed by atoms with Gasteiger partial charge in [-0.15, -0.1) is 11.3 Å². The Balaban J connectivity index is 1.61. The predicted molar refractivity (Wildman–Crippen MR) is 114 cm³/mol. The van der Waals surface area contributed by atoms with E-state index in [1.54, 1.807) is 13.8 Å². The van der Waals surface area contributed by atoms with Crippen LogP contribution in [0.3, 0.4) is 0 Å². The summed E-state index contributed by atoms with van der Waals surface area (Å²) in [5.41, 5.74) is 0.672. The van der Waals surface area contributed by atoms with Crippen LogP contribution in [0.5, 0.6) is 0 Å². The van der Waals surface area contributed by atoms with Crippen molar-refractivity contribution in [1.29, 1.82) is 0 Å². The molecule has 162 valence electrons. The van der Waals surface area contributed by atoms with E-state index in [4.69, 9.17) is 0 Å². The van der Waals surface area contributed by atoms with Gasteiger partial charge >= 0.3 is 0 Å². The van der Waals surface area contributed by atoms with E-state index in [0.29, 0.717) is 5.01 Å². The van der Waals surface area contributed by atoms with Crippen LogP contribution in [-0.2, 0) is 16.1 Å². The van der Waals surface area contributed by atoms with Gasteiger partial charge in [-0.25, -0.2) is 13.8 Å². The fourth-order valence-electron chi connectivity index (χ4n) is 3.46. The fourth-order valence-corrected chi connectivity index (χ4v) is 4.49. The van der Waals surface area contributed by atoms with Crippen molar-refractivity contribution in [3.8, 4) is 0 Å². The number of carbonyl (C=O) groups excluding carboxylic acids is 2. The van der Waals surface area contributed by atoms with E-state index in [0.717, 1.165) is 16.3 Å². The molecule has 3 N–H and O–H groups in total. The lowest BCUT2D eigenvalue weighted by Gasteiger charge is -2.31. The SMILES string of the molecule is CC(C)C(=O)NCc1ccc(F)c(C2NC(=O)CC(c3nc4ccccc4s3)N2)c1F. The van der Waals surface area contributed by atoms with Crippen LogP contribution < -0.4 is 16.0 Å². The summed E-state index contributed by atoms with van der Waals surface area (Å²) in [6.45, 7) is 3.38. The third kappa shape index (κ3) is 4.42. The molecule has 4 rings (SSSR count). The maximum atomic E-state index is 15.2. The molecule has 1 aliphatic rings. The van der Waals surface area contributed by atoms with Crippen LogP contribution in [-0.4, -0.2) is 16.8 Å². The lowest BCUT2D eigenvalue weighted by molar-refractivity contribution is -0.125. The Labute approximate surface area is 182 Å². The molecule has 1 fully saturated rings. The van der Waals surface area contributed by atoms with Gasteiger partial charge in [-0.1, -0.05) is 32.0 Å². The van der Waals surface area contributed by atoms with Gasteiger partial charge in [0, 0.05) is 24.4 Å². The maximum Gasteiger partial charge on any atom is 0.223 e. The molecule has 0 bridgehead atoms. The third-order valence-corrected chi connectivity index (χ3v) is 6.29. The lowest BCUT2D eigenvalue weighted by Crippen LogP contribution is -2.47. The second-order valence-corrected chi connectivity index (χ2v) is 8.81. The summed E-state index contributed by atoms with van der Waals surface area (Å²) in [4.78, 5) is 28.7. The minimum Gasteiger partial charge on any atom is -0.352 e. The summed E-state index contributed by atoms with van der Waals surface area (Å²) < 4.78 is 30.8. The zero-order valence-corrected chi connectivity index (χ0v) is 17.9. The molecule has 1 aliphatic heterocycles. The first-order valence-electron chi connectivity index (χ1n) is 9.99. The van der Waals surface area contributed by atoms with E-state index in [9.17, 15) is 14.0 Å². The molecule has 6 nitrogen and oxygen atoms in total. The number of amides is 2. The topological polar surface area (TPSA) is 83.1 Å². The van der Waals surface area contributed by atoms with Crippen molar-refractivity contribution in [1.82, 2.24) is 20.9 Å². The van der Waals surface area contributed by atoms with Gasteiger partial charge in [-0.3, -0.25) is 14.9 Å². The predicted octanol–water partition coefficient (Wildman–Crippen LogP) is 3.70. The average molecular weight is 445 g/mol. The van der Waals surface area contributed by atoms with Gasteiger partial charge in [-0.05, 0) is 18.2 Å². The average Bonchev–Trinajstić information content (AvgIpc) is 3.17. The van der Waals surface area contributed by atoms with Crippen LogP contribution in [0, 0.1) is 17.6 Å². The molecule has 2 atom stereocenters. The molecule has 9 heteroatoms.